The molecule has 1 aliphatic carbocycles. The van der Waals surface area contributed by atoms with Crippen LogP contribution in [-0.4, -0.2) is 0 Å². The summed E-state index contributed by atoms with van der Waals surface area (Å²) in [7, 11) is 0. The smallest absolute Gasteiger partial charge is 0.0533 e. The summed E-state index contributed by atoms with van der Waals surface area (Å²) < 4.78 is 0. The minimum atomic E-state index is 0. The van der Waals surface area contributed by atoms with Gasteiger partial charge >= 0.3 is 0 Å². The molecule has 0 radical (unpaired) electrons. The van der Waals surface area contributed by atoms with Crippen molar-refractivity contribution >= 4 is 13.5 Å². The van der Waals surface area contributed by atoms with Gasteiger partial charge in [0.2, 0.25) is 0 Å². The third-order valence-corrected chi connectivity index (χ3v) is 2.50. The van der Waals surface area contributed by atoms with E-state index in [4.69, 9.17) is 0 Å². The Morgan fingerprint density at radius 1 is 0.348 bits per heavy atom. The van der Waals surface area contributed by atoms with Crippen molar-refractivity contribution in [1.29, 1.82) is 0 Å². The van der Waals surface area contributed by atoms with Crippen LogP contribution in [-0.2, 0) is 0 Å². The van der Waals surface area contributed by atoms with Crippen LogP contribution in [0.25, 0.3) is 0 Å². The van der Waals surface area contributed by atoms with Crippen LogP contribution in [0.4, 0.5) is 0 Å². The van der Waals surface area contributed by atoms with Crippen molar-refractivity contribution in [1.82, 2.24) is 0 Å². The maximum absolute atomic E-state index is 2.12. The molecule has 0 unspecified atom stereocenters. The Morgan fingerprint density at radius 2 is 0.391 bits per heavy atom. The molecular weight excluding hydrogens is 296 g/mol. The van der Waals surface area contributed by atoms with Gasteiger partial charge in [-0.3, -0.25) is 0 Å². The van der Waals surface area contributed by atoms with E-state index in [0.717, 1.165) is 0 Å². The van der Waals surface area contributed by atoms with Crippen LogP contribution in [0, 0.1) is 0 Å². The van der Waals surface area contributed by atoms with E-state index in [1.807, 2.05) is 41.5 Å². The molecular formula is C22H56S. The van der Waals surface area contributed by atoms with Gasteiger partial charge in [-0.15, -0.1) is 0 Å². The van der Waals surface area contributed by atoms with Crippen LogP contribution < -0.4 is 0 Å². The lowest BCUT2D eigenvalue weighted by molar-refractivity contribution is 0.504. The molecule has 1 rings (SSSR count). The van der Waals surface area contributed by atoms with Gasteiger partial charge in [0.1, 0.15) is 0 Å². The van der Waals surface area contributed by atoms with E-state index in [1.54, 1.807) is 0 Å². The molecule has 1 aliphatic rings. The summed E-state index contributed by atoms with van der Waals surface area (Å²) in [6.07, 6.45) is 17.5. The Morgan fingerprint density at radius 3 is 0.435 bits per heavy atom. The third kappa shape index (κ3) is 86.4. The molecule has 0 spiro atoms. The second kappa shape index (κ2) is 66.8. The fourth-order valence-corrected chi connectivity index (χ4v) is 1.77. The minimum Gasteiger partial charge on any atom is -0.197 e. The zero-order valence-electron chi connectivity index (χ0n) is 19.0. The van der Waals surface area contributed by atoms with Crippen LogP contribution >= 0.6 is 13.5 Å². The third-order valence-electron chi connectivity index (χ3n) is 2.50. The Labute approximate surface area is 160 Å². The lowest BCUT2D eigenvalue weighted by Gasteiger charge is -2.05. The van der Waals surface area contributed by atoms with Gasteiger partial charge in [0, 0.05) is 0 Å². The highest BCUT2D eigenvalue weighted by Gasteiger charge is 1.95. The topological polar surface area (TPSA) is 0 Å². The first-order valence-corrected chi connectivity index (χ1v) is 10.8. The maximum atomic E-state index is 2.12. The standard InChI is InChI=1S/C10H20.2C3H8.3C2H6.H2S/c1-2-4-6-8-10-9-7-5-3-1;2*1-3-2;3*1-2;/h1-10H2;2*3H2,1-2H3;3*1-2H3;1H2. The van der Waals surface area contributed by atoms with E-state index >= 15 is 0 Å². The summed E-state index contributed by atoms with van der Waals surface area (Å²) in [5.74, 6) is 0. The van der Waals surface area contributed by atoms with Crippen molar-refractivity contribution in [2.45, 2.75) is 146 Å². The largest absolute Gasteiger partial charge is 0.197 e. The summed E-state index contributed by atoms with van der Waals surface area (Å²) in [5, 5.41) is 0. The Kier molecular flexibility index (Phi) is 113. The zero-order chi connectivity index (χ0) is 18.5. The van der Waals surface area contributed by atoms with Crippen LogP contribution in [0.1, 0.15) is 146 Å². The van der Waals surface area contributed by atoms with E-state index in [1.165, 1.54) is 77.0 Å². The van der Waals surface area contributed by atoms with E-state index in [9.17, 15) is 0 Å². The highest BCUT2D eigenvalue weighted by molar-refractivity contribution is 7.59. The molecule has 0 saturated heterocycles. The summed E-state index contributed by atoms with van der Waals surface area (Å²) in [5.41, 5.74) is 0. The molecule has 0 aromatic rings. The second-order valence-electron chi connectivity index (χ2n) is 4.95. The molecule has 0 nitrogen and oxygen atoms in total. The van der Waals surface area contributed by atoms with Crippen molar-refractivity contribution in [3.8, 4) is 0 Å². The predicted molar refractivity (Wildman–Crippen MR) is 123 cm³/mol. The number of hydrogen-bond acceptors (Lipinski definition) is 0. The summed E-state index contributed by atoms with van der Waals surface area (Å²) >= 11 is 0. The fraction of sp³-hybridized carbons (Fsp3) is 1.00. The SMILES string of the molecule is C1CCCCCCCCC1.CC.CC.CC.CCC.CCC.S. The van der Waals surface area contributed by atoms with Gasteiger partial charge in [0.05, 0.1) is 0 Å². The first-order chi connectivity index (χ1) is 10.8. The second-order valence-corrected chi connectivity index (χ2v) is 4.95. The Bertz CT molecular complexity index is 56.8. The monoisotopic (exact) mass is 352 g/mol. The molecule has 0 aromatic carbocycles. The number of hydrogen-bond donors (Lipinski definition) is 0. The van der Waals surface area contributed by atoms with Gasteiger partial charge in [-0.05, 0) is 0 Å². The van der Waals surface area contributed by atoms with Crippen LogP contribution in [0.15, 0.2) is 0 Å². The molecule has 0 N–H and O–H groups in total. The average molecular weight is 353 g/mol. The summed E-state index contributed by atoms with van der Waals surface area (Å²) in [6, 6.07) is 0. The fourth-order valence-electron chi connectivity index (χ4n) is 1.77. The Balaban J connectivity index is -0.0000000473. The first-order valence-electron chi connectivity index (χ1n) is 10.8. The van der Waals surface area contributed by atoms with Gasteiger partial charge in [-0.2, -0.15) is 13.5 Å². The van der Waals surface area contributed by atoms with Crippen LogP contribution in [0.5, 0.6) is 0 Å². The average Bonchev–Trinajstić information content (AvgIpc) is 2.60. The molecule has 0 aromatic heterocycles. The molecule has 1 fully saturated rings. The zero-order valence-corrected chi connectivity index (χ0v) is 20.0. The molecule has 0 bridgehead atoms. The lowest BCUT2D eigenvalue weighted by atomic mass is 10.0. The highest BCUT2D eigenvalue weighted by atomic mass is 32.1. The summed E-state index contributed by atoms with van der Waals surface area (Å²) in [4.78, 5) is 0. The summed E-state index contributed by atoms with van der Waals surface area (Å²) in [6.45, 7) is 20.5. The molecule has 0 heterocycles. The van der Waals surface area contributed by atoms with E-state index < -0.39 is 0 Å². The number of rotatable bonds is 0. The maximum Gasteiger partial charge on any atom is -0.0533 e. The van der Waals surface area contributed by atoms with Crippen molar-refractivity contribution in [2.75, 3.05) is 0 Å². The molecule has 0 amide bonds. The van der Waals surface area contributed by atoms with Gasteiger partial charge in [0.25, 0.3) is 0 Å². The molecule has 0 aliphatic heterocycles. The van der Waals surface area contributed by atoms with Gasteiger partial charge in [-0.1, -0.05) is 146 Å². The van der Waals surface area contributed by atoms with E-state index in [2.05, 4.69) is 27.7 Å². The van der Waals surface area contributed by atoms with E-state index in [0.29, 0.717) is 0 Å². The quantitative estimate of drug-likeness (QED) is 0.406. The predicted octanol–water partition coefficient (Wildman–Crippen LogP) is 9.92. The molecule has 1 heteroatoms. The van der Waals surface area contributed by atoms with Crippen molar-refractivity contribution in [3.63, 3.8) is 0 Å². The van der Waals surface area contributed by atoms with Crippen molar-refractivity contribution < 1.29 is 0 Å². The van der Waals surface area contributed by atoms with Gasteiger partial charge in [0.15, 0.2) is 0 Å². The lowest BCUT2D eigenvalue weighted by Crippen LogP contribution is -1.85. The Hall–Kier alpha value is 0.350. The molecule has 150 valence electrons. The van der Waals surface area contributed by atoms with E-state index in [-0.39, 0.29) is 13.5 Å². The molecule has 23 heavy (non-hydrogen) atoms. The van der Waals surface area contributed by atoms with Crippen molar-refractivity contribution in [3.05, 3.63) is 0 Å². The first kappa shape index (κ1) is 38.7. The van der Waals surface area contributed by atoms with Gasteiger partial charge < -0.3 is 0 Å². The normalized spacial score (nSPS) is 12.8. The molecule has 0 atom stereocenters. The van der Waals surface area contributed by atoms with Crippen molar-refractivity contribution in [2.24, 2.45) is 0 Å². The minimum absolute atomic E-state index is 0. The molecule has 1 saturated carbocycles. The highest BCUT2D eigenvalue weighted by Crippen LogP contribution is 2.15. The van der Waals surface area contributed by atoms with Crippen LogP contribution in [0.2, 0.25) is 0 Å². The van der Waals surface area contributed by atoms with Gasteiger partial charge in [-0.25, -0.2) is 0 Å². The van der Waals surface area contributed by atoms with Crippen LogP contribution in [0.3, 0.4) is 0 Å².